The van der Waals surface area contributed by atoms with Gasteiger partial charge in [0.05, 0.1) is 17.8 Å². The molecule has 2 saturated carbocycles. The quantitative estimate of drug-likeness (QED) is 0.350. The first-order chi connectivity index (χ1) is 16.5. The summed E-state index contributed by atoms with van der Waals surface area (Å²) in [5, 5.41) is 53.6. The third-order valence-corrected chi connectivity index (χ3v) is 12.1. The highest BCUT2D eigenvalue weighted by atomic mass is 16.3. The van der Waals surface area contributed by atoms with Crippen molar-refractivity contribution in [1.82, 2.24) is 0 Å². The van der Waals surface area contributed by atoms with E-state index < -0.39 is 34.7 Å². The van der Waals surface area contributed by atoms with Crippen LogP contribution in [0.15, 0.2) is 11.1 Å². The third kappa shape index (κ3) is 3.80. The van der Waals surface area contributed by atoms with Crippen LogP contribution < -0.4 is 0 Å². The Morgan fingerprint density at radius 3 is 2.25 bits per heavy atom. The molecule has 0 aromatic heterocycles. The summed E-state index contributed by atoms with van der Waals surface area (Å²) >= 11 is 0. The second-order valence-corrected chi connectivity index (χ2v) is 14.5. The zero-order chi connectivity index (χ0) is 27.1. The molecule has 0 amide bonds. The summed E-state index contributed by atoms with van der Waals surface area (Å²) in [5.41, 5.74) is -0.0471. The van der Waals surface area contributed by atoms with Crippen LogP contribution in [0, 0.1) is 39.4 Å². The monoisotopic (exact) mass is 506 g/mol. The van der Waals surface area contributed by atoms with Crippen LogP contribution in [0.1, 0.15) is 99.8 Å². The minimum Gasteiger partial charge on any atom is -0.396 e. The molecule has 4 aliphatic carbocycles. The summed E-state index contributed by atoms with van der Waals surface area (Å²) in [4.78, 5) is 13.0. The van der Waals surface area contributed by atoms with Gasteiger partial charge in [0.2, 0.25) is 0 Å². The molecule has 6 heteroatoms. The Balaban J connectivity index is 1.70. The Morgan fingerprint density at radius 1 is 1.03 bits per heavy atom. The minimum atomic E-state index is -1.19. The van der Waals surface area contributed by atoms with E-state index in [0.717, 1.165) is 25.7 Å². The minimum absolute atomic E-state index is 0.00604. The van der Waals surface area contributed by atoms with Gasteiger partial charge in [-0.3, -0.25) is 4.79 Å². The molecule has 9 unspecified atom stereocenters. The first-order valence-electron chi connectivity index (χ1n) is 14.1. The summed E-state index contributed by atoms with van der Waals surface area (Å²) in [6.45, 7) is 13.9. The van der Waals surface area contributed by atoms with E-state index in [1.807, 2.05) is 13.8 Å². The van der Waals surface area contributed by atoms with Crippen LogP contribution in [0.3, 0.4) is 0 Å². The zero-order valence-electron chi connectivity index (χ0n) is 23.5. The van der Waals surface area contributed by atoms with Gasteiger partial charge in [-0.1, -0.05) is 45.8 Å². The summed E-state index contributed by atoms with van der Waals surface area (Å²) in [6.07, 6.45) is 3.15. The molecule has 206 valence electrons. The largest absolute Gasteiger partial charge is 0.396 e. The molecule has 4 rings (SSSR count). The lowest BCUT2D eigenvalue weighted by Crippen LogP contribution is -2.60. The van der Waals surface area contributed by atoms with Crippen LogP contribution in [-0.2, 0) is 4.79 Å². The van der Waals surface area contributed by atoms with Gasteiger partial charge in [0, 0.05) is 23.9 Å². The van der Waals surface area contributed by atoms with Gasteiger partial charge < -0.3 is 25.5 Å². The van der Waals surface area contributed by atoms with Gasteiger partial charge >= 0.3 is 0 Å². The van der Waals surface area contributed by atoms with E-state index in [0.29, 0.717) is 25.7 Å². The number of hydrogen-bond donors (Lipinski definition) is 5. The number of carbonyl (C=O) groups is 1. The number of fused-ring (bicyclic) bond motifs is 4. The first-order valence-corrected chi connectivity index (χ1v) is 14.1. The third-order valence-electron chi connectivity index (χ3n) is 12.1. The summed E-state index contributed by atoms with van der Waals surface area (Å²) in [5.74, 6) is 0.128. The van der Waals surface area contributed by atoms with Crippen molar-refractivity contribution in [2.45, 2.75) is 124 Å². The highest BCUT2D eigenvalue weighted by Crippen LogP contribution is 2.72. The number of aliphatic hydroxyl groups excluding tert-OH is 4. The van der Waals surface area contributed by atoms with Crippen molar-refractivity contribution in [2.75, 3.05) is 6.61 Å². The van der Waals surface area contributed by atoms with E-state index in [1.54, 1.807) is 13.8 Å². The van der Waals surface area contributed by atoms with E-state index in [4.69, 9.17) is 0 Å². The Morgan fingerprint density at radius 2 is 1.67 bits per heavy atom. The lowest BCUT2D eigenvalue weighted by molar-refractivity contribution is -0.156. The van der Waals surface area contributed by atoms with E-state index in [2.05, 4.69) is 20.8 Å². The molecule has 4 aliphatic rings. The topological polar surface area (TPSA) is 118 Å². The fourth-order valence-corrected chi connectivity index (χ4v) is 9.55. The van der Waals surface area contributed by atoms with E-state index >= 15 is 0 Å². The van der Waals surface area contributed by atoms with Gasteiger partial charge in [0.25, 0.3) is 0 Å². The molecule has 5 N–H and O–H groups in total. The Bertz CT molecular complexity index is 917. The van der Waals surface area contributed by atoms with Gasteiger partial charge in [-0.05, 0) is 87.4 Å². The smallest absolute Gasteiger partial charge is 0.162 e. The molecule has 0 aromatic carbocycles. The predicted molar refractivity (Wildman–Crippen MR) is 139 cm³/mol. The molecule has 0 aliphatic heterocycles. The van der Waals surface area contributed by atoms with Crippen LogP contribution in [0.2, 0.25) is 0 Å². The van der Waals surface area contributed by atoms with Crippen molar-refractivity contribution in [3.63, 3.8) is 0 Å². The van der Waals surface area contributed by atoms with Crippen LogP contribution in [0.5, 0.6) is 0 Å². The molecule has 9 atom stereocenters. The molecule has 0 spiro atoms. The molecule has 0 bridgehead atoms. The van der Waals surface area contributed by atoms with Gasteiger partial charge in [0.15, 0.2) is 5.78 Å². The second kappa shape index (κ2) is 8.87. The number of aliphatic hydroxyl groups is 5. The van der Waals surface area contributed by atoms with Gasteiger partial charge in [0.1, 0.15) is 6.10 Å². The van der Waals surface area contributed by atoms with Crippen LogP contribution >= 0.6 is 0 Å². The highest BCUT2D eigenvalue weighted by Gasteiger charge is 2.67. The average Bonchev–Trinajstić information content (AvgIpc) is 3.06. The lowest BCUT2D eigenvalue weighted by atomic mass is 9.42. The fourth-order valence-electron chi connectivity index (χ4n) is 9.55. The summed E-state index contributed by atoms with van der Waals surface area (Å²) in [6, 6.07) is 0. The van der Waals surface area contributed by atoms with Crippen molar-refractivity contribution in [3.05, 3.63) is 11.1 Å². The Kier molecular flexibility index (Phi) is 6.96. The predicted octanol–water partition coefficient (Wildman–Crippen LogP) is 3.77. The highest BCUT2D eigenvalue weighted by molar-refractivity contribution is 5.86. The van der Waals surface area contributed by atoms with Crippen molar-refractivity contribution in [3.8, 4) is 0 Å². The number of allylic oxidation sites excluding steroid dienone is 1. The van der Waals surface area contributed by atoms with Gasteiger partial charge in [-0.2, -0.15) is 0 Å². The second-order valence-electron chi connectivity index (χ2n) is 14.5. The lowest BCUT2D eigenvalue weighted by Gasteiger charge is -2.62. The molecular weight excluding hydrogens is 456 g/mol. The normalized spacial score (nSPS) is 44.1. The maximum absolute atomic E-state index is 13.0. The van der Waals surface area contributed by atoms with Crippen LogP contribution in [0.25, 0.3) is 0 Å². The van der Waals surface area contributed by atoms with Crippen molar-refractivity contribution >= 4 is 5.78 Å². The molecule has 36 heavy (non-hydrogen) atoms. The Labute approximate surface area is 217 Å². The molecule has 6 nitrogen and oxygen atoms in total. The summed E-state index contributed by atoms with van der Waals surface area (Å²) in [7, 11) is 0. The van der Waals surface area contributed by atoms with Crippen LogP contribution in [-0.4, -0.2) is 61.8 Å². The number of Topliss-reactive ketones (excluding diaryl/α,β-unsaturated/α-hetero) is 1. The molecular formula is C30H50O6. The van der Waals surface area contributed by atoms with Crippen molar-refractivity contribution < 1.29 is 30.3 Å². The number of carbonyl (C=O) groups excluding carboxylic acids is 1. The molecule has 0 heterocycles. The van der Waals surface area contributed by atoms with E-state index in [9.17, 15) is 30.3 Å². The molecule has 0 aromatic rings. The van der Waals surface area contributed by atoms with Gasteiger partial charge in [-0.25, -0.2) is 0 Å². The van der Waals surface area contributed by atoms with Gasteiger partial charge in [-0.15, -0.1) is 0 Å². The van der Waals surface area contributed by atoms with E-state index in [-0.39, 0.29) is 41.0 Å². The maximum atomic E-state index is 13.0. The average molecular weight is 507 g/mol. The Hall–Kier alpha value is -0.790. The van der Waals surface area contributed by atoms with E-state index in [1.165, 1.54) is 11.1 Å². The maximum Gasteiger partial charge on any atom is 0.162 e. The standard InChI is InChI=1S/C30H50O6/c1-26(2)22-10-9-19-20(28(22,5)15-21(32)25(26)35)14-24(34)30(7)18(12-13-29(19,30)6)17(16-31)8-11-23(33)27(3,4)36/h17-18,22-25,31,33-36H,8-16H2,1-7H3. The fraction of sp³-hybridized carbons (Fsp3) is 0.900. The number of ketones is 1. The zero-order valence-corrected chi connectivity index (χ0v) is 23.5. The number of rotatable bonds is 6. The SMILES string of the molecule is CC(C)(O)C(O)CCC(CO)C1CCC2(C)C3=C(CC(O)C12C)C1(C)CC(=O)C(O)C(C)(C)C1CC3. The van der Waals surface area contributed by atoms with Crippen molar-refractivity contribution in [1.29, 1.82) is 0 Å². The molecule has 0 radical (unpaired) electrons. The van der Waals surface area contributed by atoms with Crippen LogP contribution in [0.4, 0.5) is 0 Å². The molecule has 2 fully saturated rings. The van der Waals surface area contributed by atoms with Crippen molar-refractivity contribution in [2.24, 2.45) is 39.4 Å². The first kappa shape index (κ1) is 28.2. The number of hydrogen-bond acceptors (Lipinski definition) is 6. The summed E-state index contributed by atoms with van der Waals surface area (Å²) < 4.78 is 0. The molecule has 0 saturated heterocycles.